The highest BCUT2D eigenvalue weighted by Crippen LogP contribution is 2.34. The van der Waals surface area contributed by atoms with Crippen molar-refractivity contribution >= 4 is 45.2 Å². The van der Waals surface area contributed by atoms with E-state index in [0.717, 1.165) is 4.90 Å². The first-order chi connectivity index (χ1) is 16.8. The van der Waals surface area contributed by atoms with Gasteiger partial charge < -0.3 is 25.3 Å². The molecule has 0 bridgehead atoms. The van der Waals surface area contributed by atoms with E-state index in [9.17, 15) is 27.2 Å². The molecule has 0 aliphatic carbocycles. The molecule has 0 fully saturated rings. The highest BCUT2D eigenvalue weighted by molar-refractivity contribution is 7.85. The van der Waals surface area contributed by atoms with Crippen LogP contribution in [0.5, 0.6) is 0 Å². The number of carbonyl (C=O) groups excluding carboxylic acids is 3. The number of nitrogens with zero attached hydrogens (tertiary/aromatic N) is 1. The molecule has 1 aromatic carbocycles. The van der Waals surface area contributed by atoms with Gasteiger partial charge in [-0.2, -0.15) is 8.42 Å². The second kappa shape index (κ2) is 10.6. The molecule has 2 heterocycles. The van der Waals surface area contributed by atoms with Gasteiger partial charge in [0.1, 0.15) is 11.7 Å². The minimum Gasteiger partial charge on any atom is -0.379 e. The first-order valence-corrected chi connectivity index (χ1v) is 12.4. The SMILES string of the molecule is COC(CNC(=O)c1c(C)[nH]c(/C=C2\C(=O)Nc3ccc(F)cc32)c1C)CC(=O)N(C)CS(=O)(=O)O. The fraction of sp³-hybridized carbons (Fsp3) is 0.348. The highest BCUT2D eigenvalue weighted by atomic mass is 32.2. The Bertz CT molecular complexity index is 1350. The van der Waals surface area contributed by atoms with Crippen molar-refractivity contribution in [3.05, 3.63) is 52.1 Å². The summed E-state index contributed by atoms with van der Waals surface area (Å²) in [5.41, 5.74) is 3.11. The molecule has 11 nitrogen and oxygen atoms in total. The van der Waals surface area contributed by atoms with E-state index in [2.05, 4.69) is 15.6 Å². The second-order valence-corrected chi connectivity index (χ2v) is 9.86. The Kier molecular flexibility index (Phi) is 7.96. The minimum atomic E-state index is -4.37. The van der Waals surface area contributed by atoms with E-state index in [-0.39, 0.29) is 24.4 Å². The lowest BCUT2D eigenvalue weighted by molar-refractivity contribution is -0.131. The van der Waals surface area contributed by atoms with Crippen LogP contribution in [0.1, 0.15) is 39.3 Å². The van der Waals surface area contributed by atoms with Gasteiger partial charge in [-0.15, -0.1) is 0 Å². The number of aryl methyl sites for hydroxylation is 1. The van der Waals surface area contributed by atoms with Gasteiger partial charge in [0.25, 0.3) is 21.9 Å². The minimum absolute atomic E-state index is 0.0453. The number of carbonyl (C=O) groups is 3. The van der Waals surface area contributed by atoms with Gasteiger partial charge in [0.2, 0.25) is 5.91 Å². The normalized spacial score (nSPS) is 14.9. The average molecular weight is 523 g/mol. The number of halogens is 1. The van der Waals surface area contributed by atoms with Crippen molar-refractivity contribution in [1.29, 1.82) is 0 Å². The maximum absolute atomic E-state index is 13.7. The zero-order chi connectivity index (χ0) is 26.8. The van der Waals surface area contributed by atoms with E-state index in [0.29, 0.717) is 33.8 Å². The van der Waals surface area contributed by atoms with Crippen molar-refractivity contribution in [2.45, 2.75) is 26.4 Å². The van der Waals surface area contributed by atoms with Gasteiger partial charge in [0.05, 0.1) is 23.7 Å². The maximum atomic E-state index is 13.7. The average Bonchev–Trinajstić information content (AvgIpc) is 3.24. The summed E-state index contributed by atoms with van der Waals surface area (Å²) in [5, 5.41) is 5.37. The van der Waals surface area contributed by atoms with Gasteiger partial charge in [-0.1, -0.05) is 0 Å². The monoisotopic (exact) mass is 522 g/mol. The summed E-state index contributed by atoms with van der Waals surface area (Å²) in [6.07, 6.45) is 0.581. The molecule has 3 rings (SSSR count). The molecule has 2 aromatic rings. The largest absolute Gasteiger partial charge is 0.379 e. The number of benzene rings is 1. The zero-order valence-electron chi connectivity index (χ0n) is 20.1. The standard InChI is InChI=1S/C23H27FN4O7S/c1-12-19(9-17-16-7-14(24)5-6-18(16)27-22(17)30)26-13(2)21(12)23(31)25-10-15(35-4)8-20(29)28(3)11-36(32,33)34/h5-7,9,15,26H,8,10-11H2,1-4H3,(H,25,31)(H,27,30)(H,32,33,34)/b17-9-. The summed E-state index contributed by atoms with van der Waals surface area (Å²) in [7, 11) is -1.80. The third kappa shape index (κ3) is 6.17. The van der Waals surface area contributed by atoms with Crippen LogP contribution >= 0.6 is 0 Å². The fourth-order valence-corrected chi connectivity index (χ4v) is 4.54. The smallest absolute Gasteiger partial charge is 0.283 e. The number of anilines is 1. The van der Waals surface area contributed by atoms with Gasteiger partial charge in [0, 0.05) is 43.3 Å². The lowest BCUT2D eigenvalue weighted by Crippen LogP contribution is -2.39. The van der Waals surface area contributed by atoms with E-state index >= 15 is 0 Å². The van der Waals surface area contributed by atoms with Crippen molar-refractivity contribution in [2.75, 3.05) is 31.9 Å². The molecule has 194 valence electrons. The Morgan fingerprint density at radius 1 is 1.31 bits per heavy atom. The number of amides is 3. The van der Waals surface area contributed by atoms with Crippen LogP contribution in [-0.4, -0.2) is 73.3 Å². The lowest BCUT2D eigenvalue weighted by atomic mass is 10.0. The van der Waals surface area contributed by atoms with Gasteiger partial charge >= 0.3 is 0 Å². The number of rotatable bonds is 9. The first kappa shape index (κ1) is 27.0. The van der Waals surface area contributed by atoms with Crippen molar-refractivity contribution in [1.82, 2.24) is 15.2 Å². The van der Waals surface area contributed by atoms with E-state index in [4.69, 9.17) is 9.29 Å². The molecule has 0 saturated carbocycles. The van der Waals surface area contributed by atoms with Crippen LogP contribution in [0, 0.1) is 19.7 Å². The molecular weight excluding hydrogens is 495 g/mol. The predicted octanol–water partition coefficient (Wildman–Crippen LogP) is 1.70. The van der Waals surface area contributed by atoms with Gasteiger partial charge in [-0.3, -0.25) is 18.9 Å². The molecule has 13 heteroatoms. The van der Waals surface area contributed by atoms with Crippen LogP contribution in [0.15, 0.2) is 18.2 Å². The number of H-pyrrole nitrogens is 1. The summed E-state index contributed by atoms with van der Waals surface area (Å²) < 4.78 is 49.8. The third-order valence-corrected chi connectivity index (χ3v) is 6.48. The third-order valence-electron chi connectivity index (χ3n) is 5.76. The van der Waals surface area contributed by atoms with Crippen LogP contribution in [0.2, 0.25) is 0 Å². The number of methoxy groups -OCH3 is 1. The van der Waals surface area contributed by atoms with Crippen molar-refractivity contribution < 1.29 is 36.5 Å². The molecule has 1 aliphatic heterocycles. The molecule has 0 saturated heterocycles. The summed E-state index contributed by atoms with van der Waals surface area (Å²) in [6.45, 7) is 3.34. The summed E-state index contributed by atoms with van der Waals surface area (Å²) in [5.74, 6) is -2.77. The molecule has 0 spiro atoms. The highest BCUT2D eigenvalue weighted by Gasteiger charge is 2.26. The van der Waals surface area contributed by atoms with E-state index < -0.39 is 39.7 Å². The number of ether oxygens (including phenoxy) is 1. The number of hydrogen-bond acceptors (Lipinski definition) is 6. The Labute approximate surface area is 207 Å². The van der Waals surface area contributed by atoms with Crippen molar-refractivity contribution in [3.8, 4) is 0 Å². The summed E-state index contributed by atoms with van der Waals surface area (Å²) in [4.78, 5) is 41.5. The predicted molar refractivity (Wildman–Crippen MR) is 130 cm³/mol. The van der Waals surface area contributed by atoms with E-state index in [1.165, 1.54) is 32.4 Å². The van der Waals surface area contributed by atoms with Crippen LogP contribution in [0.3, 0.4) is 0 Å². The topological polar surface area (TPSA) is 158 Å². The van der Waals surface area contributed by atoms with Gasteiger partial charge in [-0.05, 0) is 43.7 Å². The van der Waals surface area contributed by atoms with Gasteiger partial charge in [-0.25, -0.2) is 4.39 Å². The number of aromatic amines is 1. The molecule has 1 unspecified atom stereocenters. The van der Waals surface area contributed by atoms with Crippen LogP contribution < -0.4 is 10.6 Å². The molecule has 1 atom stereocenters. The van der Waals surface area contributed by atoms with Crippen molar-refractivity contribution in [3.63, 3.8) is 0 Å². The number of hydrogen-bond donors (Lipinski definition) is 4. The number of nitrogens with one attached hydrogen (secondary N) is 3. The lowest BCUT2D eigenvalue weighted by Gasteiger charge is -2.20. The Balaban J connectivity index is 1.73. The molecule has 4 N–H and O–H groups in total. The second-order valence-electron chi connectivity index (χ2n) is 8.44. The van der Waals surface area contributed by atoms with Crippen molar-refractivity contribution in [2.24, 2.45) is 0 Å². The quantitative estimate of drug-likeness (QED) is 0.288. The number of fused-ring (bicyclic) bond motifs is 1. The molecule has 0 radical (unpaired) electrons. The molecule has 1 aliphatic rings. The number of aromatic nitrogens is 1. The Morgan fingerprint density at radius 2 is 2.00 bits per heavy atom. The van der Waals surface area contributed by atoms with Gasteiger partial charge in [0.15, 0.2) is 0 Å². The van der Waals surface area contributed by atoms with E-state index in [1.54, 1.807) is 19.9 Å². The van der Waals surface area contributed by atoms with Crippen LogP contribution in [0.25, 0.3) is 11.6 Å². The summed E-state index contributed by atoms with van der Waals surface area (Å²) >= 11 is 0. The summed E-state index contributed by atoms with van der Waals surface area (Å²) in [6, 6.07) is 3.99. The maximum Gasteiger partial charge on any atom is 0.283 e. The molecular formula is C23H27FN4O7S. The van der Waals surface area contributed by atoms with E-state index in [1.807, 2.05) is 0 Å². The first-order valence-electron chi connectivity index (χ1n) is 10.8. The van der Waals surface area contributed by atoms with Crippen LogP contribution in [0.4, 0.5) is 10.1 Å². The fourth-order valence-electron chi connectivity index (χ4n) is 3.91. The zero-order valence-corrected chi connectivity index (χ0v) is 21.0. The molecule has 3 amide bonds. The Morgan fingerprint density at radius 3 is 2.64 bits per heavy atom. The molecule has 1 aromatic heterocycles. The Hall–Kier alpha value is -3.55. The molecule has 36 heavy (non-hydrogen) atoms. The van der Waals surface area contributed by atoms with Crippen LogP contribution in [-0.2, 0) is 24.4 Å².